The van der Waals surface area contributed by atoms with Gasteiger partial charge in [-0.05, 0) is 19.4 Å². The average Bonchev–Trinajstić information content (AvgIpc) is 2.64. The standard InChI is InChI=1S/C12H16O2/c1-4-5-12(14-8-10(2)3)11-6-7-13-9-11/h4,6-7,9,12H,1-2,5,8H2,3H3/t12-/m1/s1. The molecular weight excluding hydrogens is 176 g/mol. The Kier molecular flexibility index (Phi) is 4.20. The first-order valence-corrected chi connectivity index (χ1v) is 4.63. The van der Waals surface area contributed by atoms with E-state index in [1.54, 1.807) is 12.5 Å². The van der Waals surface area contributed by atoms with Gasteiger partial charge in [-0.3, -0.25) is 0 Å². The van der Waals surface area contributed by atoms with Crippen LogP contribution in [0.3, 0.4) is 0 Å². The molecule has 1 aromatic heterocycles. The molecule has 0 bridgehead atoms. The molecule has 0 aliphatic carbocycles. The van der Waals surface area contributed by atoms with Gasteiger partial charge in [0.15, 0.2) is 0 Å². The van der Waals surface area contributed by atoms with Crippen LogP contribution >= 0.6 is 0 Å². The Bertz CT molecular complexity index is 285. The molecule has 0 N–H and O–H groups in total. The molecule has 0 aliphatic rings. The Morgan fingerprint density at radius 3 is 3.00 bits per heavy atom. The van der Waals surface area contributed by atoms with Crippen LogP contribution in [0.4, 0.5) is 0 Å². The fraction of sp³-hybridized carbons (Fsp3) is 0.333. The van der Waals surface area contributed by atoms with Crippen LogP contribution in [0.2, 0.25) is 0 Å². The van der Waals surface area contributed by atoms with Crippen LogP contribution in [0.1, 0.15) is 25.0 Å². The molecule has 0 saturated heterocycles. The molecular formula is C12H16O2. The second kappa shape index (κ2) is 5.45. The quantitative estimate of drug-likeness (QED) is 0.644. The van der Waals surface area contributed by atoms with E-state index in [0.717, 1.165) is 17.6 Å². The first-order valence-electron chi connectivity index (χ1n) is 4.63. The Hall–Kier alpha value is -1.28. The van der Waals surface area contributed by atoms with E-state index in [1.807, 2.05) is 19.1 Å². The second-order valence-electron chi connectivity index (χ2n) is 3.34. The van der Waals surface area contributed by atoms with Gasteiger partial charge in [0.25, 0.3) is 0 Å². The molecule has 2 heteroatoms. The number of rotatable bonds is 6. The Morgan fingerprint density at radius 1 is 1.71 bits per heavy atom. The summed E-state index contributed by atoms with van der Waals surface area (Å²) in [6, 6.07) is 1.91. The van der Waals surface area contributed by atoms with Crippen molar-refractivity contribution in [3.63, 3.8) is 0 Å². The fourth-order valence-corrected chi connectivity index (χ4v) is 1.15. The third-order valence-corrected chi connectivity index (χ3v) is 1.83. The van der Waals surface area contributed by atoms with Gasteiger partial charge in [-0.2, -0.15) is 0 Å². The van der Waals surface area contributed by atoms with Crippen LogP contribution < -0.4 is 0 Å². The number of furan rings is 1. The van der Waals surface area contributed by atoms with E-state index in [-0.39, 0.29) is 6.10 Å². The largest absolute Gasteiger partial charge is 0.472 e. The van der Waals surface area contributed by atoms with Crippen molar-refractivity contribution >= 4 is 0 Å². The molecule has 0 aromatic carbocycles. The molecule has 76 valence electrons. The minimum Gasteiger partial charge on any atom is -0.472 e. The number of hydrogen-bond acceptors (Lipinski definition) is 2. The lowest BCUT2D eigenvalue weighted by Gasteiger charge is -2.14. The van der Waals surface area contributed by atoms with Crippen molar-refractivity contribution in [3.8, 4) is 0 Å². The lowest BCUT2D eigenvalue weighted by Crippen LogP contribution is -2.04. The first-order chi connectivity index (χ1) is 6.74. The van der Waals surface area contributed by atoms with Gasteiger partial charge in [0.2, 0.25) is 0 Å². The van der Waals surface area contributed by atoms with E-state index in [1.165, 1.54) is 0 Å². The van der Waals surface area contributed by atoms with Crippen LogP contribution in [-0.4, -0.2) is 6.61 Å². The lowest BCUT2D eigenvalue weighted by atomic mass is 10.1. The smallest absolute Gasteiger partial charge is 0.0960 e. The predicted molar refractivity (Wildman–Crippen MR) is 57.0 cm³/mol. The monoisotopic (exact) mass is 192 g/mol. The third-order valence-electron chi connectivity index (χ3n) is 1.83. The van der Waals surface area contributed by atoms with Gasteiger partial charge in [0.1, 0.15) is 0 Å². The molecule has 0 fully saturated rings. The van der Waals surface area contributed by atoms with Crippen molar-refractivity contribution < 1.29 is 9.15 Å². The minimum absolute atomic E-state index is 0.0305. The van der Waals surface area contributed by atoms with Crippen LogP contribution in [0.25, 0.3) is 0 Å². The highest BCUT2D eigenvalue weighted by atomic mass is 16.5. The molecule has 1 rings (SSSR count). The van der Waals surface area contributed by atoms with E-state index in [9.17, 15) is 0 Å². The van der Waals surface area contributed by atoms with Gasteiger partial charge in [-0.25, -0.2) is 0 Å². The highest BCUT2D eigenvalue weighted by molar-refractivity contribution is 5.11. The average molecular weight is 192 g/mol. The molecule has 1 heterocycles. The van der Waals surface area contributed by atoms with Gasteiger partial charge in [-0.15, -0.1) is 6.58 Å². The zero-order chi connectivity index (χ0) is 10.4. The molecule has 1 atom stereocenters. The van der Waals surface area contributed by atoms with Crippen molar-refractivity contribution in [1.29, 1.82) is 0 Å². The summed E-state index contributed by atoms with van der Waals surface area (Å²) in [5.41, 5.74) is 2.06. The van der Waals surface area contributed by atoms with Crippen molar-refractivity contribution in [3.05, 3.63) is 49.0 Å². The van der Waals surface area contributed by atoms with Gasteiger partial charge in [-0.1, -0.05) is 18.2 Å². The lowest BCUT2D eigenvalue weighted by molar-refractivity contribution is 0.0715. The topological polar surface area (TPSA) is 22.4 Å². The van der Waals surface area contributed by atoms with Gasteiger partial charge in [0, 0.05) is 5.56 Å². The van der Waals surface area contributed by atoms with Crippen molar-refractivity contribution in [2.24, 2.45) is 0 Å². The van der Waals surface area contributed by atoms with Crippen LogP contribution in [0, 0.1) is 0 Å². The van der Waals surface area contributed by atoms with Crippen molar-refractivity contribution in [2.75, 3.05) is 6.61 Å². The molecule has 0 radical (unpaired) electrons. The zero-order valence-corrected chi connectivity index (χ0v) is 8.53. The molecule has 0 amide bonds. The fourth-order valence-electron chi connectivity index (χ4n) is 1.15. The van der Waals surface area contributed by atoms with Crippen molar-refractivity contribution in [2.45, 2.75) is 19.4 Å². The van der Waals surface area contributed by atoms with Gasteiger partial charge in [0.05, 0.1) is 25.2 Å². The van der Waals surface area contributed by atoms with E-state index in [0.29, 0.717) is 6.61 Å². The van der Waals surface area contributed by atoms with Gasteiger partial charge >= 0.3 is 0 Å². The normalized spacial score (nSPS) is 12.4. The summed E-state index contributed by atoms with van der Waals surface area (Å²) in [5, 5.41) is 0. The van der Waals surface area contributed by atoms with Crippen molar-refractivity contribution in [1.82, 2.24) is 0 Å². The maximum absolute atomic E-state index is 5.66. The second-order valence-corrected chi connectivity index (χ2v) is 3.34. The molecule has 14 heavy (non-hydrogen) atoms. The molecule has 2 nitrogen and oxygen atoms in total. The van der Waals surface area contributed by atoms with E-state index in [4.69, 9.17) is 9.15 Å². The van der Waals surface area contributed by atoms with E-state index in [2.05, 4.69) is 13.2 Å². The first kappa shape index (κ1) is 10.8. The summed E-state index contributed by atoms with van der Waals surface area (Å²) in [7, 11) is 0. The summed E-state index contributed by atoms with van der Waals surface area (Å²) in [6.45, 7) is 10.0. The van der Waals surface area contributed by atoms with Crippen LogP contribution in [0.5, 0.6) is 0 Å². The molecule has 0 spiro atoms. The number of ether oxygens (including phenoxy) is 1. The van der Waals surface area contributed by atoms with Crippen LogP contribution in [-0.2, 0) is 4.74 Å². The molecule has 0 saturated carbocycles. The molecule has 0 unspecified atom stereocenters. The Balaban J connectivity index is 2.55. The number of hydrogen-bond donors (Lipinski definition) is 0. The maximum atomic E-state index is 5.66. The SMILES string of the molecule is C=CC[C@@H](OCC(=C)C)c1ccoc1. The van der Waals surface area contributed by atoms with E-state index < -0.39 is 0 Å². The third kappa shape index (κ3) is 3.23. The molecule has 0 aliphatic heterocycles. The Morgan fingerprint density at radius 2 is 2.50 bits per heavy atom. The highest BCUT2D eigenvalue weighted by Crippen LogP contribution is 2.22. The summed E-state index contributed by atoms with van der Waals surface area (Å²) in [5.74, 6) is 0. The van der Waals surface area contributed by atoms with Crippen LogP contribution in [0.15, 0.2) is 47.8 Å². The van der Waals surface area contributed by atoms with E-state index >= 15 is 0 Å². The molecule has 1 aromatic rings. The summed E-state index contributed by atoms with van der Waals surface area (Å²) in [4.78, 5) is 0. The Labute approximate surface area is 84.9 Å². The van der Waals surface area contributed by atoms with Gasteiger partial charge < -0.3 is 9.15 Å². The summed E-state index contributed by atoms with van der Waals surface area (Å²) >= 11 is 0. The summed E-state index contributed by atoms with van der Waals surface area (Å²) in [6.07, 6.45) is 6.01. The maximum Gasteiger partial charge on any atom is 0.0960 e. The summed E-state index contributed by atoms with van der Waals surface area (Å²) < 4.78 is 10.7. The highest BCUT2D eigenvalue weighted by Gasteiger charge is 2.11. The minimum atomic E-state index is 0.0305. The zero-order valence-electron chi connectivity index (χ0n) is 8.53. The predicted octanol–water partition coefficient (Wildman–Crippen LogP) is 3.49.